The molecule has 0 N–H and O–H groups in total. The van der Waals surface area contributed by atoms with Crippen molar-refractivity contribution in [1.29, 1.82) is 0 Å². The molecule has 37 heavy (non-hydrogen) atoms. The molecule has 2 saturated carbocycles. The molecule has 0 spiro atoms. The molecule has 5 aliphatic rings. The highest BCUT2D eigenvalue weighted by Gasteiger charge is 2.68. The SMILES string of the molecule is Cc1cc(OC(=O)[C@H](Cc2ccccc2)N2C(=O)[C@@H]3[C@@H]4C=C[C@H]([C@H]5C[C@H]45)[C@@H]3C2=O)cc2oc(=O)ccc12. The Morgan fingerprint density at radius 3 is 2.32 bits per heavy atom. The molecule has 1 aliphatic heterocycles. The number of allylic oxidation sites excluding steroid dienone is 2. The van der Waals surface area contributed by atoms with Crippen LogP contribution < -0.4 is 10.4 Å². The second-order valence-corrected chi connectivity index (χ2v) is 10.7. The second-order valence-electron chi connectivity index (χ2n) is 10.7. The third-order valence-electron chi connectivity index (χ3n) is 8.69. The van der Waals surface area contributed by atoms with Crippen molar-refractivity contribution in [2.24, 2.45) is 35.5 Å². The molecule has 2 aromatic carbocycles. The van der Waals surface area contributed by atoms with Crippen LogP contribution in [0.15, 0.2) is 76.0 Å². The summed E-state index contributed by atoms with van der Waals surface area (Å²) in [5.74, 6) is -0.721. The van der Waals surface area contributed by atoms with Gasteiger partial charge in [-0.2, -0.15) is 0 Å². The highest BCUT2D eigenvalue weighted by Crippen LogP contribution is 2.65. The fourth-order valence-electron chi connectivity index (χ4n) is 6.97. The van der Waals surface area contributed by atoms with E-state index in [2.05, 4.69) is 12.2 Å². The molecule has 2 heterocycles. The third kappa shape index (κ3) is 3.40. The number of ether oxygens (including phenoxy) is 1. The van der Waals surface area contributed by atoms with E-state index in [-0.39, 0.29) is 35.8 Å². The number of carbonyl (C=O) groups is 3. The van der Waals surface area contributed by atoms with Crippen molar-refractivity contribution in [3.8, 4) is 5.75 Å². The van der Waals surface area contributed by atoms with Gasteiger partial charge in [0.25, 0.3) is 0 Å². The van der Waals surface area contributed by atoms with Gasteiger partial charge < -0.3 is 9.15 Å². The summed E-state index contributed by atoms with van der Waals surface area (Å²) in [5.41, 5.74) is 1.39. The smallest absolute Gasteiger partial charge is 0.336 e. The summed E-state index contributed by atoms with van der Waals surface area (Å²) in [7, 11) is 0. The molecule has 2 bridgehead atoms. The van der Waals surface area contributed by atoms with Gasteiger partial charge in [-0.1, -0.05) is 42.5 Å². The number of nitrogens with zero attached hydrogens (tertiary/aromatic N) is 1. The summed E-state index contributed by atoms with van der Waals surface area (Å²) in [5, 5.41) is 0.732. The minimum absolute atomic E-state index is 0.0703. The van der Waals surface area contributed by atoms with Gasteiger partial charge in [0.15, 0.2) is 0 Å². The normalized spacial score (nSPS) is 29.8. The van der Waals surface area contributed by atoms with E-state index < -0.39 is 29.5 Å². The number of rotatable bonds is 5. The van der Waals surface area contributed by atoms with E-state index in [1.54, 1.807) is 12.1 Å². The van der Waals surface area contributed by atoms with Crippen molar-refractivity contribution in [3.63, 3.8) is 0 Å². The molecule has 0 unspecified atom stereocenters. The molecule has 0 radical (unpaired) electrons. The zero-order valence-electron chi connectivity index (χ0n) is 20.2. The number of fused-ring (bicyclic) bond motifs is 1. The molecular weight excluding hydrogens is 470 g/mol. The summed E-state index contributed by atoms with van der Waals surface area (Å²) in [6.45, 7) is 1.83. The van der Waals surface area contributed by atoms with Gasteiger partial charge in [-0.15, -0.1) is 0 Å². The Morgan fingerprint density at radius 2 is 1.65 bits per heavy atom. The summed E-state index contributed by atoms with van der Waals surface area (Å²) in [6, 6.07) is 14.4. The number of imide groups is 1. The topological polar surface area (TPSA) is 93.9 Å². The molecule has 4 aliphatic carbocycles. The molecule has 1 aromatic heterocycles. The van der Waals surface area contributed by atoms with Crippen LogP contribution in [0.5, 0.6) is 5.75 Å². The molecule has 3 aromatic rings. The first-order valence-corrected chi connectivity index (χ1v) is 12.8. The van der Waals surface area contributed by atoms with Gasteiger partial charge in [0.05, 0.1) is 11.8 Å². The minimum atomic E-state index is -1.09. The highest BCUT2D eigenvalue weighted by atomic mass is 16.5. The van der Waals surface area contributed by atoms with Crippen molar-refractivity contribution in [1.82, 2.24) is 4.90 Å². The van der Waals surface area contributed by atoms with Crippen LogP contribution >= 0.6 is 0 Å². The van der Waals surface area contributed by atoms with Crippen molar-refractivity contribution < 1.29 is 23.5 Å². The number of benzene rings is 2. The van der Waals surface area contributed by atoms with Crippen LogP contribution in [0.3, 0.4) is 0 Å². The fourth-order valence-corrected chi connectivity index (χ4v) is 6.97. The molecule has 7 heteroatoms. The van der Waals surface area contributed by atoms with Gasteiger partial charge >= 0.3 is 11.6 Å². The molecule has 7 atom stereocenters. The average Bonchev–Trinajstić information content (AvgIpc) is 3.66. The number of amides is 2. The largest absolute Gasteiger partial charge is 0.425 e. The maximum Gasteiger partial charge on any atom is 0.336 e. The lowest BCUT2D eigenvalue weighted by Gasteiger charge is -2.37. The Balaban J connectivity index is 1.24. The van der Waals surface area contributed by atoms with Crippen molar-refractivity contribution in [3.05, 3.63) is 88.3 Å². The van der Waals surface area contributed by atoms with E-state index in [0.29, 0.717) is 17.4 Å². The zero-order chi connectivity index (χ0) is 25.4. The lowest BCUT2D eigenvalue weighted by atomic mass is 9.63. The summed E-state index contributed by atoms with van der Waals surface area (Å²) >= 11 is 0. The van der Waals surface area contributed by atoms with Crippen LogP contribution in [0.25, 0.3) is 11.0 Å². The number of aryl methyl sites for hydroxylation is 1. The molecule has 1 saturated heterocycles. The third-order valence-corrected chi connectivity index (χ3v) is 8.69. The Bertz CT molecular complexity index is 1520. The van der Waals surface area contributed by atoms with E-state index in [1.807, 2.05) is 37.3 Å². The van der Waals surface area contributed by atoms with Gasteiger partial charge in [0, 0.05) is 23.9 Å². The van der Waals surface area contributed by atoms with E-state index in [4.69, 9.17) is 9.15 Å². The van der Waals surface area contributed by atoms with Crippen LogP contribution in [0.1, 0.15) is 17.5 Å². The lowest BCUT2D eigenvalue weighted by Crippen LogP contribution is -2.48. The second kappa shape index (κ2) is 8.00. The standard InChI is InChI=1S/C30H25NO6/c1-15-11-17(13-24-18(15)9-10-25(32)37-24)36-30(35)23(12-16-5-3-2-4-6-16)31-28(33)26-19-7-8-20(22-14-21(19)22)27(26)29(31)34/h2-11,13,19-23,26-27H,12,14H2,1H3/t19-,20-,21-,22-,23+,26-,27+/m1/s1. The Labute approximate surface area is 212 Å². The summed E-state index contributed by atoms with van der Waals surface area (Å²) < 4.78 is 11.1. The maximum atomic E-state index is 13.8. The predicted octanol–water partition coefficient (Wildman–Crippen LogP) is 3.67. The van der Waals surface area contributed by atoms with Crippen molar-refractivity contribution in [2.75, 3.05) is 0 Å². The Hall–Kier alpha value is -4.00. The lowest BCUT2D eigenvalue weighted by molar-refractivity contribution is -0.153. The van der Waals surface area contributed by atoms with Gasteiger partial charge in [0.2, 0.25) is 11.8 Å². The first kappa shape index (κ1) is 22.2. The van der Waals surface area contributed by atoms with Gasteiger partial charge in [-0.25, -0.2) is 9.59 Å². The number of likely N-dealkylation sites (tertiary alicyclic amines) is 1. The Morgan fingerprint density at radius 1 is 0.973 bits per heavy atom. The van der Waals surface area contributed by atoms with Crippen LogP contribution in [0.2, 0.25) is 0 Å². The van der Waals surface area contributed by atoms with E-state index >= 15 is 0 Å². The van der Waals surface area contributed by atoms with Crippen LogP contribution in [0.4, 0.5) is 0 Å². The number of carbonyl (C=O) groups excluding carboxylic acids is 3. The van der Waals surface area contributed by atoms with Crippen molar-refractivity contribution in [2.45, 2.75) is 25.8 Å². The molecular formula is C30H25NO6. The average molecular weight is 496 g/mol. The maximum absolute atomic E-state index is 13.8. The Kier molecular flexibility index (Phi) is 4.80. The monoisotopic (exact) mass is 495 g/mol. The van der Waals surface area contributed by atoms with Gasteiger partial charge in [-0.3, -0.25) is 14.5 Å². The summed E-state index contributed by atoms with van der Waals surface area (Å²) in [6.07, 6.45) is 5.46. The molecule has 8 rings (SSSR count). The van der Waals surface area contributed by atoms with E-state index in [9.17, 15) is 19.2 Å². The minimum Gasteiger partial charge on any atom is -0.425 e. The number of hydrogen-bond donors (Lipinski definition) is 0. The van der Waals surface area contributed by atoms with E-state index in [1.165, 1.54) is 17.0 Å². The van der Waals surface area contributed by atoms with E-state index in [0.717, 1.165) is 22.9 Å². The predicted molar refractivity (Wildman–Crippen MR) is 133 cm³/mol. The van der Waals surface area contributed by atoms with Crippen LogP contribution in [-0.2, 0) is 20.8 Å². The number of esters is 1. The quantitative estimate of drug-likeness (QED) is 0.176. The van der Waals surface area contributed by atoms with Crippen LogP contribution in [-0.4, -0.2) is 28.7 Å². The molecule has 186 valence electrons. The highest BCUT2D eigenvalue weighted by molar-refractivity contribution is 6.09. The molecule has 2 amide bonds. The van der Waals surface area contributed by atoms with Crippen LogP contribution in [0, 0.1) is 42.4 Å². The van der Waals surface area contributed by atoms with Gasteiger partial charge in [0.1, 0.15) is 17.4 Å². The first-order chi connectivity index (χ1) is 17.9. The molecule has 7 nitrogen and oxygen atoms in total. The van der Waals surface area contributed by atoms with Gasteiger partial charge in [-0.05, 0) is 60.3 Å². The van der Waals surface area contributed by atoms with Crippen molar-refractivity contribution >= 4 is 28.8 Å². The first-order valence-electron chi connectivity index (χ1n) is 12.8. The fraction of sp³-hybridized carbons (Fsp3) is 0.333. The molecule has 3 fully saturated rings. The zero-order valence-corrected chi connectivity index (χ0v) is 20.2. The summed E-state index contributed by atoms with van der Waals surface area (Å²) in [4.78, 5) is 54.2. The number of hydrogen-bond acceptors (Lipinski definition) is 6.